The van der Waals surface area contributed by atoms with Crippen molar-refractivity contribution >= 4 is 10.0 Å². The molecule has 0 aliphatic heterocycles. The van der Waals surface area contributed by atoms with E-state index in [1.807, 2.05) is 19.1 Å². The van der Waals surface area contributed by atoms with Crippen LogP contribution in [-0.2, 0) is 10.0 Å². The van der Waals surface area contributed by atoms with Crippen LogP contribution in [0, 0.1) is 12.8 Å². The van der Waals surface area contributed by atoms with Gasteiger partial charge in [-0.2, -0.15) is 0 Å². The van der Waals surface area contributed by atoms with E-state index in [1.54, 1.807) is 12.1 Å². The van der Waals surface area contributed by atoms with Gasteiger partial charge in [0.05, 0.1) is 4.90 Å². The van der Waals surface area contributed by atoms with Gasteiger partial charge in [-0.15, -0.1) is 0 Å². The number of rotatable bonds is 7. The Labute approximate surface area is 135 Å². The first-order valence-electron chi connectivity index (χ1n) is 8.62. The summed E-state index contributed by atoms with van der Waals surface area (Å²) in [7, 11) is -3.39. The topological polar surface area (TPSA) is 46.2 Å². The quantitative estimate of drug-likeness (QED) is 0.755. The van der Waals surface area contributed by atoms with Gasteiger partial charge in [0.25, 0.3) is 0 Å². The standard InChI is InChI=1S/C18H29NO2S/c1-3-4-5-8-16-9-6-7-10-18(16)19-22(20,21)17-13-11-15(2)12-14-17/h11-14,16,18-19H,3-10H2,1-2H3/t16-,18-/m0/s1. The molecule has 1 aliphatic carbocycles. The second-order valence-corrected chi connectivity index (χ2v) is 8.30. The number of unbranched alkanes of at least 4 members (excludes halogenated alkanes) is 2. The minimum absolute atomic E-state index is 0.108. The smallest absolute Gasteiger partial charge is 0.208 e. The summed E-state index contributed by atoms with van der Waals surface area (Å²) >= 11 is 0. The lowest BCUT2D eigenvalue weighted by molar-refractivity contribution is 0.268. The van der Waals surface area contributed by atoms with E-state index in [9.17, 15) is 8.42 Å². The van der Waals surface area contributed by atoms with Gasteiger partial charge in [-0.25, -0.2) is 13.1 Å². The van der Waals surface area contributed by atoms with Crippen LogP contribution in [0.2, 0.25) is 0 Å². The number of aryl methyl sites for hydroxylation is 1. The molecule has 0 spiro atoms. The Kier molecular flexibility index (Phi) is 6.45. The van der Waals surface area contributed by atoms with E-state index in [1.165, 1.54) is 25.7 Å². The van der Waals surface area contributed by atoms with Gasteiger partial charge in [0, 0.05) is 6.04 Å². The van der Waals surface area contributed by atoms with Gasteiger partial charge in [-0.3, -0.25) is 0 Å². The number of sulfonamides is 1. The van der Waals surface area contributed by atoms with Gasteiger partial charge < -0.3 is 0 Å². The summed E-state index contributed by atoms with van der Waals surface area (Å²) in [6.07, 6.45) is 9.32. The maximum atomic E-state index is 12.6. The molecular formula is C18H29NO2S. The van der Waals surface area contributed by atoms with Crippen molar-refractivity contribution in [2.75, 3.05) is 0 Å². The number of hydrogen-bond donors (Lipinski definition) is 1. The number of nitrogens with one attached hydrogen (secondary N) is 1. The molecule has 1 fully saturated rings. The van der Waals surface area contributed by atoms with E-state index < -0.39 is 10.0 Å². The highest BCUT2D eigenvalue weighted by Crippen LogP contribution is 2.30. The summed E-state index contributed by atoms with van der Waals surface area (Å²) in [5, 5.41) is 0. The molecule has 22 heavy (non-hydrogen) atoms. The van der Waals surface area contributed by atoms with Gasteiger partial charge in [0.15, 0.2) is 0 Å². The molecule has 0 aromatic heterocycles. The van der Waals surface area contributed by atoms with Crippen molar-refractivity contribution in [3.05, 3.63) is 29.8 Å². The van der Waals surface area contributed by atoms with Crippen molar-refractivity contribution in [3.8, 4) is 0 Å². The fourth-order valence-electron chi connectivity index (χ4n) is 3.35. The Morgan fingerprint density at radius 2 is 1.77 bits per heavy atom. The van der Waals surface area contributed by atoms with Crippen LogP contribution in [0.4, 0.5) is 0 Å². The molecule has 1 aliphatic rings. The maximum absolute atomic E-state index is 12.6. The summed E-state index contributed by atoms with van der Waals surface area (Å²) in [5.74, 6) is 0.500. The predicted octanol–water partition coefficient (Wildman–Crippen LogP) is 4.41. The second-order valence-electron chi connectivity index (χ2n) is 6.58. The molecule has 2 atom stereocenters. The highest BCUT2D eigenvalue weighted by Gasteiger charge is 2.29. The van der Waals surface area contributed by atoms with Gasteiger partial charge in [-0.05, 0) is 44.2 Å². The van der Waals surface area contributed by atoms with Gasteiger partial charge in [-0.1, -0.05) is 56.7 Å². The SMILES string of the molecule is CCCCC[C@H]1CCCC[C@@H]1NS(=O)(=O)c1ccc(C)cc1. The molecule has 0 unspecified atom stereocenters. The lowest BCUT2D eigenvalue weighted by Gasteiger charge is -2.32. The summed E-state index contributed by atoms with van der Waals surface area (Å²) < 4.78 is 28.1. The summed E-state index contributed by atoms with van der Waals surface area (Å²) in [4.78, 5) is 0.385. The summed E-state index contributed by atoms with van der Waals surface area (Å²) in [6.45, 7) is 4.17. The van der Waals surface area contributed by atoms with Crippen molar-refractivity contribution in [2.45, 2.75) is 76.2 Å². The third kappa shape index (κ3) is 4.82. The molecule has 1 N–H and O–H groups in total. The van der Waals surface area contributed by atoms with Crippen molar-refractivity contribution < 1.29 is 8.42 Å². The Morgan fingerprint density at radius 3 is 2.45 bits per heavy atom. The van der Waals surface area contributed by atoms with E-state index in [0.717, 1.165) is 31.2 Å². The van der Waals surface area contributed by atoms with Crippen LogP contribution in [0.1, 0.15) is 63.9 Å². The lowest BCUT2D eigenvalue weighted by atomic mass is 9.82. The summed E-state index contributed by atoms with van der Waals surface area (Å²) in [5.41, 5.74) is 1.08. The van der Waals surface area contributed by atoms with E-state index >= 15 is 0 Å². The Balaban J connectivity index is 2.03. The average Bonchev–Trinajstić information content (AvgIpc) is 2.49. The minimum Gasteiger partial charge on any atom is -0.208 e. The molecule has 3 nitrogen and oxygen atoms in total. The van der Waals surface area contributed by atoms with E-state index in [2.05, 4.69) is 11.6 Å². The molecule has 124 valence electrons. The van der Waals surface area contributed by atoms with Crippen LogP contribution in [-0.4, -0.2) is 14.5 Å². The normalized spacial score (nSPS) is 22.6. The largest absolute Gasteiger partial charge is 0.240 e. The predicted molar refractivity (Wildman–Crippen MR) is 91.4 cm³/mol. The maximum Gasteiger partial charge on any atom is 0.240 e. The summed E-state index contributed by atoms with van der Waals surface area (Å²) in [6, 6.07) is 7.22. The molecule has 0 radical (unpaired) electrons. The van der Waals surface area contributed by atoms with Gasteiger partial charge in [0.1, 0.15) is 0 Å². The van der Waals surface area contributed by atoms with E-state index in [4.69, 9.17) is 0 Å². The fraction of sp³-hybridized carbons (Fsp3) is 0.667. The van der Waals surface area contributed by atoms with Crippen LogP contribution in [0.5, 0.6) is 0 Å². The molecule has 0 saturated heterocycles. The molecule has 1 aromatic carbocycles. The number of hydrogen-bond acceptors (Lipinski definition) is 2. The van der Waals surface area contributed by atoms with Crippen molar-refractivity contribution in [1.82, 2.24) is 4.72 Å². The molecule has 4 heteroatoms. The molecule has 1 aromatic rings. The first-order valence-corrected chi connectivity index (χ1v) is 10.1. The monoisotopic (exact) mass is 323 g/mol. The third-order valence-electron chi connectivity index (χ3n) is 4.73. The van der Waals surface area contributed by atoms with Crippen LogP contribution >= 0.6 is 0 Å². The zero-order valence-corrected chi connectivity index (χ0v) is 14.7. The molecule has 2 rings (SSSR count). The van der Waals surface area contributed by atoms with E-state index in [-0.39, 0.29) is 6.04 Å². The Bertz CT molecular complexity index is 551. The lowest BCUT2D eigenvalue weighted by Crippen LogP contribution is -2.42. The molecule has 0 heterocycles. The van der Waals surface area contributed by atoms with E-state index in [0.29, 0.717) is 10.8 Å². The first kappa shape index (κ1) is 17.5. The Morgan fingerprint density at radius 1 is 1.09 bits per heavy atom. The van der Waals surface area contributed by atoms with Gasteiger partial charge in [0.2, 0.25) is 10.0 Å². The highest BCUT2D eigenvalue weighted by molar-refractivity contribution is 7.89. The third-order valence-corrected chi connectivity index (χ3v) is 6.23. The first-order chi connectivity index (χ1) is 10.5. The molecular weight excluding hydrogens is 294 g/mol. The average molecular weight is 324 g/mol. The van der Waals surface area contributed by atoms with Crippen LogP contribution in [0.3, 0.4) is 0 Å². The molecule has 0 bridgehead atoms. The minimum atomic E-state index is -3.39. The molecule has 1 saturated carbocycles. The van der Waals surface area contributed by atoms with Crippen molar-refractivity contribution in [3.63, 3.8) is 0 Å². The van der Waals surface area contributed by atoms with Crippen LogP contribution < -0.4 is 4.72 Å². The fourth-order valence-corrected chi connectivity index (χ4v) is 4.69. The van der Waals surface area contributed by atoms with Crippen LogP contribution in [0.15, 0.2) is 29.2 Å². The molecule has 0 amide bonds. The highest BCUT2D eigenvalue weighted by atomic mass is 32.2. The second kappa shape index (κ2) is 8.11. The van der Waals surface area contributed by atoms with Crippen molar-refractivity contribution in [2.24, 2.45) is 5.92 Å². The van der Waals surface area contributed by atoms with Crippen molar-refractivity contribution in [1.29, 1.82) is 0 Å². The zero-order valence-electron chi connectivity index (χ0n) is 13.8. The van der Waals surface area contributed by atoms with Crippen LogP contribution in [0.25, 0.3) is 0 Å². The number of benzene rings is 1. The van der Waals surface area contributed by atoms with Gasteiger partial charge >= 0.3 is 0 Å². The Hall–Kier alpha value is -0.870. The zero-order chi connectivity index (χ0) is 16.0.